The van der Waals surface area contributed by atoms with Crippen LogP contribution in [0.3, 0.4) is 0 Å². The number of rotatable bonds is 5. The molecule has 5 nitrogen and oxygen atoms in total. The highest BCUT2D eigenvalue weighted by Gasteiger charge is 2.73. The normalized spacial score (nSPS) is 25.2. The maximum Gasteiger partial charge on any atom is 0.331 e. The van der Waals surface area contributed by atoms with Crippen LogP contribution >= 0.6 is 0 Å². The Balaban J connectivity index is 1.79. The third-order valence-electron chi connectivity index (χ3n) is 6.86. The van der Waals surface area contributed by atoms with Crippen molar-refractivity contribution in [3.63, 3.8) is 0 Å². The fourth-order valence-electron chi connectivity index (χ4n) is 5.36. The minimum absolute atomic E-state index is 0.235. The van der Waals surface area contributed by atoms with Gasteiger partial charge in [0.2, 0.25) is 5.96 Å². The molecule has 1 saturated carbocycles. The Morgan fingerprint density at radius 1 is 0.909 bits per heavy atom. The molecule has 1 aliphatic heterocycles. The molecule has 0 unspecified atom stereocenters. The second-order valence-electron chi connectivity index (χ2n) is 9.10. The Morgan fingerprint density at radius 3 is 1.97 bits per heavy atom. The molecule has 0 aromatic heterocycles. The molecule has 1 heterocycles. The zero-order valence-electron chi connectivity index (χ0n) is 19.3. The van der Waals surface area contributed by atoms with Crippen LogP contribution in [0, 0.1) is 11.8 Å². The Labute approximate surface area is 195 Å². The van der Waals surface area contributed by atoms with Crippen LogP contribution in [0.5, 0.6) is 0 Å². The van der Waals surface area contributed by atoms with E-state index < -0.39 is 11.6 Å². The number of ether oxygens (including phenoxy) is 1. The van der Waals surface area contributed by atoms with Crippen molar-refractivity contribution in [1.82, 2.24) is 0 Å². The quantitative estimate of drug-likeness (QED) is 0.482. The average Bonchev–Trinajstić information content (AvgIpc) is 3.52. The average molecular weight is 440 g/mol. The molecule has 2 aliphatic rings. The Bertz CT molecular complexity index is 1150. The highest BCUT2D eigenvalue weighted by molar-refractivity contribution is 6.17. The van der Waals surface area contributed by atoms with Crippen molar-refractivity contribution >= 4 is 29.0 Å². The summed E-state index contributed by atoms with van der Waals surface area (Å²) in [7, 11) is 1.48. The number of para-hydroxylation sites is 3. The first kappa shape index (κ1) is 21.3. The van der Waals surface area contributed by atoms with Gasteiger partial charge in [0.25, 0.3) is 0 Å². The summed E-state index contributed by atoms with van der Waals surface area (Å²) in [6, 6.07) is 29.7. The van der Waals surface area contributed by atoms with E-state index in [1.165, 1.54) is 7.11 Å². The lowest BCUT2D eigenvalue weighted by atomic mass is 9.96. The van der Waals surface area contributed by atoms with Gasteiger partial charge in [-0.05, 0) is 54.7 Å². The van der Waals surface area contributed by atoms with E-state index in [-0.39, 0.29) is 5.97 Å². The number of hydrogen-bond donors (Lipinski definition) is 0. The SMILES string of the molecule is COC(=O)[C@@H]1N(c2ccccc2)C(=Nc2ccccc2)N(c2ccccc2)[C@]12C[C@@H]2C(C)C. The molecule has 3 aromatic rings. The highest BCUT2D eigenvalue weighted by atomic mass is 16.5. The summed E-state index contributed by atoms with van der Waals surface area (Å²) < 4.78 is 5.41. The van der Waals surface area contributed by atoms with E-state index in [2.05, 4.69) is 35.8 Å². The minimum atomic E-state index is -0.500. The standard InChI is InChI=1S/C28H29N3O2/c1-20(2)24-19-28(24)25(26(32)33-3)30(22-15-9-5-10-16-22)27(29-21-13-7-4-8-14-21)31(28)23-17-11-6-12-18-23/h4-18,20,24-25H,19H2,1-3H3/t24-,25+,28+/m1/s1. The number of esters is 1. The predicted molar refractivity (Wildman–Crippen MR) is 133 cm³/mol. The van der Waals surface area contributed by atoms with Crippen LogP contribution in [-0.4, -0.2) is 30.6 Å². The smallest absolute Gasteiger partial charge is 0.331 e. The van der Waals surface area contributed by atoms with Crippen LogP contribution in [0.2, 0.25) is 0 Å². The predicted octanol–water partition coefficient (Wildman–Crippen LogP) is 5.66. The first-order chi connectivity index (χ1) is 16.1. The fourth-order valence-corrected chi connectivity index (χ4v) is 5.36. The molecule has 5 heteroatoms. The largest absolute Gasteiger partial charge is 0.467 e. The third kappa shape index (κ3) is 3.48. The maximum absolute atomic E-state index is 13.5. The van der Waals surface area contributed by atoms with Crippen molar-refractivity contribution in [1.29, 1.82) is 0 Å². The van der Waals surface area contributed by atoms with E-state index in [0.29, 0.717) is 11.8 Å². The first-order valence-corrected chi connectivity index (χ1v) is 11.5. The lowest BCUT2D eigenvalue weighted by Crippen LogP contribution is -2.48. The van der Waals surface area contributed by atoms with E-state index >= 15 is 0 Å². The van der Waals surface area contributed by atoms with Crippen molar-refractivity contribution < 1.29 is 9.53 Å². The third-order valence-corrected chi connectivity index (χ3v) is 6.86. The molecule has 168 valence electrons. The number of carbonyl (C=O) groups excluding carboxylic acids is 1. The number of anilines is 2. The molecule has 1 aliphatic carbocycles. The molecule has 3 aromatic carbocycles. The van der Waals surface area contributed by atoms with Crippen molar-refractivity contribution in [3.8, 4) is 0 Å². The van der Waals surface area contributed by atoms with Gasteiger partial charge in [-0.15, -0.1) is 0 Å². The number of aliphatic imine (C=N–C) groups is 1. The number of carbonyl (C=O) groups is 1. The van der Waals surface area contributed by atoms with Gasteiger partial charge < -0.3 is 9.64 Å². The van der Waals surface area contributed by atoms with Gasteiger partial charge in [-0.1, -0.05) is 68.4 Å². The van der Waals surface area contributed by atoms with Gasteiger partial charge in [0.05, 0.1) is 18.3 Å². The van der Waals surface area contributed by atoms with E-state index in [0.717, 1.165) is 29.4 Å². The van der Waals surface area contributed by atoms with Crippen LogP contribution in [0.25, 0.3) is 0 Å². The van der Waals surface area contributed by atoms with E-state index in [9.17, 15) is 4.79 Å². The second-order valence-corrected chi connectivity index (χ2v) is 9.10. The topological polar surface area (TPSA) is 45.1 Å². The summed E-state index contributed by atoms with van der Waals surface area (Å²) in [5, 5.41) is 0. The molecule has 2 fully saturated rings. The van der Waals surface area contributed by atoms with Crippen molar-refractivity contribution in [2.75, 3.05) is 16.9 Å². The molecule has 3 atom stereocenters. The first-order valence-electron chi connectivity index (χ1n) is 11.5. The Hall–Kier alpha value is -3.60. The van der Waals surface area contributed by atoms with E-state index in [1.54, 1.807) is 0 Å². The molecule has 0 bridgehead atoms. The number of benzene rings is 3. The van der Waals surface area contributed by atoms with Gasteiger partial charge in [-0.25, -0.2) is 9.79 Å². The van der Waals surface area contributed by atoms with Gasteiger partial charge in [0.15, 0.2) is 6.04 Å². The summed E-state index contributed by atoms with van der Waals surface area (Å²) >= 11 is 0. The second kappa shape index (κ2) is 8.39. The molecule has 33 heavy (non-hydrogen) atoms. The summed E-state index contributed by atoms with van der Waals surface area (Å²) in [6.45, 7) is 4.46. The van der Waals surface area contributed by atoms with Crippen molar-refractivity contribution in [2.24, 2.45) is 16.8 Å². The van der Waals surface area contributed by atoms with Gasteiger partial charge in [-0.2, -0.15) is 0 Å². The molecule has 5 rings (SSSR count). The summed E-state index contributed by atoms with van der Waals surface area (Å²) in [5.41, 5.74) is 2.38. The summed E-state index contributed by atoms with van der Waals surface area (Å²) in [5.74, 6) is 1.26. The van der Waals surface area contributed by atoms with Crippen LogP contribution in [0.4, 0.5) is 17.1 Å². The Kier molecular flexibility index (Phi) is 5.41. The number of hydrogen-bond acceptors (Lipinski definition) is 3. The number of nitrogens with zero attached hydrogens (tertiary/aromatic N) is 3. The lowest BCUT2D eigenvalue weighted by Gasteiger charge is -2.29. The van der Waals surface area contributed by atoms with Crippen molar-refractivity contribution in [2.45, 2.75) is 31.8 Å². The zero-order chi connectivity index (χ0) is 23.0. The number of guanidine groups is 1. The molecule has 0 N–H and O–H groups in total. The molecule has 1 spiro atoms. The molecule has 0 amide bonds. The molecule has 0 radical (unpaired) electrons. The lowest BCUT2D eigenvalue weighted by molar-refractivity contribution is -0.142. The highest BCUT2D eigenvalue weighted by Crippen LogP contribution is 2.61. The van der Waals surface area contributed by atoms with Crippen LogP contribution in [0.15, 0.2) is 96.0 Å². The van der Waals surface area contributed by atoms with Gasteiger partial charge in [0.1, 0.15) is 0 Å². The van der Waals surface area contributed by atoms with Crippen LogP contribution < -0.4 is 9.80 Å². The van der Waals surface area contributed by atoms with Gasteiger partial charge in [0, 0.05) is 11.4 Å². The monoisotopic (exact) mass is 439 g/mol. The Morgan fingerprint density at radius 2 is 1.45 bits per heavy atom. The zero-order valence-corrected chi connectivity index (χ0v) is 19.3. The van der Waals surface area contributed by atoms with Crippen LogP contribution in [0.1, 0.15) is 20.3 Å². The molecule has 1 saturated heterocycles. The van der Waals surface area contributed by atoms with Gasteiger partial charge in [-0.3, -0.25) is 4.90 Å². The summed E-state index contributed by atoms with van der Waals surface area (Å²) in [6.07, 6.45) is 0.899. The van der Waals surface area contributed by atoms with Crippen LogP contribution in [-0.2, 0) is 9.53 Å². The molecular weight excluding hydrogens is 410 g/mol. The number of methoxy groups -OCH3 is 1. The van der Waals surface area contributed by atoms with E-state index in [4.69, 9.17) is 9.73 Å². The summed E-state index contributed by atoms with van der Waals surface area (Å²) in [4.78, 5) is 23.0. The van der Waals surface area contributed by atoms with Crippen molar-refractivity contribution in [3.05, 3.63) is 91.0 Å². The van der Waals surface area contributed by atoms with Gasteiger partial charge >= 0.3 is 5.97 Å². The fraction of sp³-hybridized carbons (Fsp3) is 0.286. The molecular formula is C28H29N3O2. The minimum Gasteiger partial charge on any atom is -0.467 e. The van der Waals surface area contributed by atoms with E-state index in [1.807, 2.05) is 78.9 Å². The maximum atomic E-state index is 13.5.